The summed E-state index contributed by atoms with van der Waals surface area (Å²) in [6.45, 7) is 4.05. The Bertz CT molecular complexity index is 628. The second kappa shape index (κ2) is 9.22. The van der Waals surface area contributed by atoms with Gasteiger partial charge in [-0.25, -0.2) is 13.5 Å². The number of rotatable bonds is 7. The van der Waals surface area contributed by atoms with Crippen LogP contribution in [-0.4, -0.2) is 35.3 Å². The summed E-state index contributed by atoms with van der Waals surface area (Å²) in [7, 11) is 0. The molecule has 0 aliphatic carbocycles. The van der Waals surface area contributed by atoms with Gasteiger partial charge in [-0.05, 0) is 31.2 Å². The highest BCUT2D eigenvalue weighted by Gasteiger charge is 2.14. The van der Waals surface area contributed by atoms with Crippen molar-refractivity contribution in [2.24, 2.45) is 0 Å². The summed E-state index contributed by atoms with van der Waals surface area (Å²) in [5.41, 5.74) is -0.190. The summed E-state index contributed by atoms with van der Waals surface area (Å²) in [6.07, 6.45) is 2.37. The van der Waals surface area contributed by atoms with E-state index in [9.17, 15) is 13.6 Å². The van der Waals surface area contributed by atoms with E-state index in [0.717, 1.165) is 29.8 Å². The van der Waals surface area contributed by atoms with E-state index < -0.39 is 11.6 Å². The minimum Gasteiger partial charge on any atom is -0.349 e. The molecule has 1 aromatic heterocycles. The Morgan fingerprint density at radius 2 is 1.87 bits per heavy atom. The number of nitrogens with one attached hydrogen (secondary N) is 2. The maximum Gasteiger partial charge on any atom is 0.271 e. The molecule has 5 nitrogen and oxygen atoms in total. The molecule has 0 spiro atoms. The zero-order valence-corrected chi connectivity index (χ0v) is 13.5. The van der Waals surface area contributed by atoms with Gasteiger partial charge in [0.2, 0.25) is 0 Å². The van der Waals surface area contributed by atoms with Crippen molar-refractivity contribution >= 4 is 18.3 Å². The first kappa shape index (κ1) is 19.1. The number of benzene rings is 1. The highest BCUT2D eigenvalue weighted by molar-refractivity contribution is 5.92. The second-order valence-electron chi connectivity index (χ2n) is 4.72. The molecule has 1 amide bonds. The summed E-state index contributed by atoms with van der Waals surface area (Å²) >= 11 is 0. The van der Waals surface area contributed by atoms with Crippen LogP contribution in [0.3, 0.4) is 0 Å². The number of hydrogen-bond acceptors (Lipinski definition) is 3. The molecular weight excluding hydrogens is 326 g/mol. The zero-order valence-electron chi connectivity index (χ0n) is 12.7. The van der Waals surface area contributed by atoms with Crippen LogP contribution >= 0.6 is 12.4 Å². The van der Waals surface area contributed by atoms with E-state index >= 15 is 0 Å². The molecule has 8 heteroatoms. The van der Waals surface area contributed by atoms with Crippen LogP contribution in [0.5, 0.6) is 0 Å². The maximum absolute atomic E-state index is 13.7. The molecule has 126 valence electrons. The van der Waals surface area contributed by atoms with Gasteiger partial charge in [0.1, 0.15) is 5.69 Å². The van der Waals surface area contributed by atoms with Gasteiger partial charge in [-0.1, -0.05) is 13.0 Å². The van der Waals surface area contributed by atoms with Gasteiger partial charge in [0.15, 0.2) is 17.3 Å². The number of para-hydroxylation sites is 1. The van der Waals surface area contributed by atoms with Crippen LogP contribution in [0.2, 0.25) is 0 Å². The van der Waals surface area contributed by atoms with Crippen LogP contribution in [0.1, 0.15) is 23.8 Å². The number of carbonyl (C=O) groups is 1. The average Bonchev–Trinajstić information content (AvgIpc) is 2.96. The fourth-order valence-corrected chi connectivity index (χ4v) is 1.93. The summed E-state index contributed by atoms with van der Waals surface area (Å²) in [5, 5.41) is 9.76. The molecule has 2 aromatic rings. The minimum absolute atomic E-state index is 0. The molecule has 0 saturated carbocycles. The molecule has 2 N–H and O–H groups in total. The lowest BCUT2D eigenvalue weighted by Gasteiger charge is -2.05. The number of nitrogens with zero attached hydrogens (tertiary/aromatic N) is 2. The summed E-state index contributed by atoms with van der Waals surface area (Å²) in [4.78, 5) is 11.9. The van der Waals surface area contributed by atoms with Crippen LogP contribution in [0, 0.1) is 11.6 Å². The van der Waals surface area contributed by atoms with Crippen LogP contribution in [0.15, 0.2) is 30.5 Å². The Labute approximate surface area is 139 Å². The third-order valence-corrected chi connectivity index (χ3v) is 3.00. The van der Waals surface area contributed by atoms with Gasteiger partial charge in [0, 0.05) is 19.3 Å². The lowest BCUT2D eigenvalue weighted by molar-refractivity contribution is 0.0948. The number of hydrogen-bond donors (Lipinski definition) is 2. The molecule has 0 radical (unpaired) electrons. The molecule has 2 rings (SSSR count). The van der Waals surface area contributed by atoms with Gasteiger partial charge in [-0.3, -0.25) is 4.79 Å². The van der Waals surface area contributed by atoms with Crippen molar-refractivity contribution in [3.05, 3.63) is 47.8 Å². The Hall–Kier alpha value is -1.99. The topological polar surface area (TPSA) is 58.9 Å². The average molecular weight is 345 g/mol. The molecule has 0 unspecified atom stereocenters. The SMILES string of the molecule is CCCNCCNC(=O)c1ccn(-c2c(F)cccc2F)n1.Cl. The maximum atomic E-state index is 13.7. The van der Waals surface area contributed by atoms with Gasteiger partial charge >= 0.3 is 0 Å². The summed E-state index contributed by atoms with van der Waals surface area (Å²) < 4.78 is 28.3. The van der Waals surface area contributed by atoms with Crippen LogP contribution in [0.4, 0.5) is 8.78 Å². The van der Waals surface area contributed by atoms with Gasteiger partial charge in [-0.15, -0.1) is 12.4 Å². The lowest BCUT2D eigenvalue weighted by atomic mass is 10.3. The number of amides is 1. The van der Waals surface area contributed by atoms with Crippen molar-refractivity contribution < 1.29 is 13.6 Å². The molecule has 1 aromatic carbocycles. The Morgan fingerprint density at radius 3 is 2.52 bits per heavy atom. The molecule has 0 atom stereocenters. The normalized spacial score (nSPS) is 10.2. The minimum atomic E-state index is -0.737. The quantitative estimate of drug-likeness (QED) is 0.758. The van der Waals surface area contributed by atoms with E-state index in [0.29, 0.717) is 13.1 Å². The third kappa shape index (κ3) is 5.01. The fraction of sp³-hybridized carbons (Fsp3) is 0.333. The van der Waals surface area contributed by atoms with Crippen molar-refractivity contribution in [1.82, 2.24) is 20.4 Å². The molecular formula is C15H19ClF2N4O. The lowest BCUT2D eigenvalue weighted by Crippen LogP contribution is -2.32. The van der Waals surface area contributed by atoms with Gasteiger partial charge < -0.3 is 10.6 Å². The van der Waals surface area contributed by atoms with Crippen LogP contribution in [-0.2, 0) is 0 Å². The fourth-order valence-electron chi connectivity index (χ4n) is 1.93. The van der Waals surface area contributed by atoms with Crippen molar-refractivity contribution in [1.29, 1.82) is 0 Å². The largest absolute Gasteiger partial charge is 0.349 e. The van der Waals surface area contributed by atoms with Crippen molar-refractivity contribution in [3.63, 3.8) is 0 Å². The van der Waals surface area contributed by atoms with E-state index in [-0.39, 0.29) is 29.7 Å². The number of carbonyl (C=O) groups excluding carboxylic acids is 1. The first-order chi connectivity index (χ1) is 10.6. The number of aromatic nitrogens is 2. The molecule has 1 heterocycles. The number of halogens is 3. The first-order valence-corrected chi connectivity index (χ1v) is 7.12. The highest BCUT2D eigenvalue weighted by Crippen LogP contribution is 2.16. The Balaban J connectivity index is 0.00000264. The molecule has 0 saturated heterocycles. The molecule has 0 bridgehead atoms. The highest BCUT2D eigenvalue weighted by atomic mass is 35.5. The van der Waals surface area contributed by atoms with E-state index in [4.69, 9.17) is 0 Å². The van der Waals surface area contributed by atoms with E-state index in [1.165, 1.54) is 18.3 Å². The van der Waals surface area contributed by atoms with Gasteiger partial charge in [0.25, 0.3) is 5.91 Å². The van der Waals surface area contributed by atoms with E-state index in [2.05, 4.69) is 22.7 Å². The van der Waals surface area contributed by atoms with E-state index in [1.807, 2.05) is 0 Å². The molecule has 23 heavy (non-hydrogen) atoms. The Kier molecular flexibility index (Phi) is 7.64. The predicted molar refractivity (Wildman–Crippen MR) is 86.2 cm³/mol. The summed E-state index contributed by atoms with van der Waals surface area (Å²) in [6, 6.07) is 4.97. The van der Waals surface area contributed by atoms with Crippen molar-refractivity contribution in [2.45, 2.75) is 13.3 Å². The van der Waals surface area contributed by atoms with Crippen LogP contribution in [0.25, 0.3) is 5.69 Å². The van der Waals surface area contributed by atoms with Gasteiger partial charge in [-0.2, -0.15) is 5.10 Å². The molecule has 0 aliphatic heterocycles. The predicted octanol–water partition coefficient (Wildman–Crippen LogP) is 2.30. The smallest absolute Gasteiger partial charge is 0.271 e. The summed E-state index contributed by atoms with van der Waals surface area (Å²) in [5.74, 6) is -1.86. The zero-order chi connectivity index (χ0) is 15.9. The van der Waals surface area contributed by atoms with E-state index in [1.54, 1.807) is 0 Å². The molecule has 0 fully saturated rings. The van der Waals surface area contributed by atoms with Crippen LogP contribution < -0.4 is 10.6 Å². The monoisotopic (exact) mass is 344 g/mol. The van der Waals surface area contributed by atoms with Crippen molar-refractivity contribution in [2.75, 3.05) is 19.6 Å². The first-order valence-electron chi connectivity index (χ1n) is 7.12. The standard InChI is InChI=1S/C15H18F2N4O.ClH/c1-2-7-18-8-9-19-15(22)13-6-10-21(20-13)14-11(16)4-3-5-12(14)17;/h3-6,10,18H,2,7-9H2,1H3,(H,19,22);1H. The Morgan fingerprint density at radius 1 is 1.17 bits per heavy atom. The van der Waals surface area contributed by atoms with Crippen molar-refractivity contribution in [3.8, 4) is 5.69 Å². The third-order valence-electron chi connectivity index (χ3n) is 3.00. The van der Waals surface area contributed by atoms with Gasteiger partial charge in [0.05, 0.1) is 0 Å². The second-order valence-corrected chi connectivity index (χ2v) is 4.72. The molecule has 0 aliphatic rings.